The first-order chi connectivity index (χ1) is 14.5. The van der Waals surface area contributed by atoms with Crippen LogP contribution in [-0.2, 0) is 16.1 Å². The molecule has 4 N–H and O–H groups in total. The van der Waals surface area contributed by atoms with E-state index in [1.165, 1.54) is 12.1 Å². The van der Waals surface area contributed by atoms with E-state index in [-0.39, 0.29) is 30.6 Å². The van der Waals surface area contributed by atoms with Crippen molar-refractivity contribution in [1.29, 1.82) is 0 Å². The van der Waals surface area contributed by atoms with Crippen LogP contribution in [0.2, 0.25) is 0 Å². The van der Waals surface area contributed by atoms with Crippen LogP contribution >= 0.6 is 0 Å². The molecule has 2 aromatic carbocycles. The molecule has 0 heterocycles. The number of benzene rings is 2. The second-order valence-corrected chi connectivity index (χ2v) is 6.60. The number of aromatic hydroxyl groups is 1. The van der Waals surface area contributed by atoms with Gasteiger partial charge in [0.2, 0.25) is 5.91 Å². The molecule has 0 radical (unpaired) electrons. The van der Waals surface area contributed by atoms with Gasteiger partial charge in [-0.15, -0.1) is 0 Å². The van der Waals surface area contributed by atoms with Gasteiger partial charge >= 0.3 is 6.09 Å². The van der Waals surface area contributed by atoms with Crippen LogP contribution in [0.1, 0.15) is 35.2 Å². The van der Waals surface area contributed by atoms with Crippen LogP contribution in [-0.4, -0.2) is 42.6 Å². The monoisotopic (exact) mass is 413 g/mol. The number of ether oxygens (including phenoxy) is 1. The van der Waals surface area contributed by atoms with Crippen LogP contribution in [0.5, 0.6) is 5.75 Å². The molecule has 0 fully saturated rings. The van der Waals surface area contributed by atoms with Gasteiger partial charge in [-0.25, -0.2) is 4.79 Å². The predicted octanol–water partition coefficient (Wildman–Crippen LogP) is 2.33. The van der Waals surface area contributed by atoms with Crippen molar-refractivity contribution in [3.63, 3.8) is 0 Å². The summed E-state index contributed by atoms with van der Waals surface area (Å²) in [6.07, 6.45) is 0.858. The highest BCUT2D eigenvalue weighted by Gasteiger charge is 2.06. The van der Waals surface area contributed by atoms with Crippen molar-refractivity contribution in [3.8, 4) is 5.75 Å². The second kappa shape index (κ2) is 12.8. The highest BCUT2D eigenvalue weighted by Crippen LogP contribution is 2.10. The van der Waals surface area contributed by atoms with Crippen LogP contribution in [0.3, 0.4) is 0 Å². The summed E-state index contributed by atoms with van der Waals surface area (Å²) < 4.78 is 5.09. The molecule has 2 rings (SSSR count). The summed E-state index contributed by atoms with van der Waals surface area (Å²) in [7, 11) is 0. The summed E-state index contributed by atoms with van der Waals surface area (Å²) in [6, 6.07) is 15.5. The van der Waals surface area contributed by atoms with Crippen LogP contribution in [0.4, 0.5) is 4.79 Å². The molecule has 0 unspecified atom stereocenters. The summed E-state index contributed by atoms with van der Waals surface area (Å²) in [5.74, 6) is -0.356. The Balaban J connectivity index is 1.46. The van der Waals surface area contributed by atoms with E-state index >= 15 is 0 Å². The standard InChI is InChI=1S/C22H27N3O5/c26-19-10-4-9-18(15-19)21(28)24-14-6-13-23-20(27)11-5-12-25-22(29)30-16-17-7-2-1-3-8-17/h1-4,7-10,15,26H,5-6,11-14,16H2,(H,23,27)(H,24,28)(H,25,29). The van der Waals surface area contributed by atoms with E-state index in [1.54, 1.807) is 12.1 Å². The molecule has 2 aromatic rings. The minimum Gasteiger partial charge on any atom is -0.508 e. The predicted molar refractivity (Wildman–Crippen MR) is 112 cm³/mol. The normalized spacial score (nSPS) is 10.1. The Morgan fingerprint density at radius 2 is 1.57 bits per heavy atom. The zero-order valence-corrected chi connectivity index (χ0v) is 16.7. The van der Waals surface area contributed by atoms with Gasteiger partial charge in [0.15, 0.2) is 0 Å². The average Bonchev–Trinajstić information content (AvgIpc) is 2.75. The summed E-state index contributed by atoms with van der Waals surface area (Å²) in [4.78, 5) is 35.3. The number of carbonyl (C=O) groups is 3. The Kier molecular flexibility index (Phi) is 9.72. The molecule has 8 nitrogen and oxygen atoms in total. The van der Waals surface area contributed by atoms with Crippen molar-refractivity contribution >= 4 is 17.9 Å². The zero-order chi connectivity index (χ0) is 21.6. The fourth-order valence-corrected chi connectivity index (χ4v) is 2.57. The van der Waals surface area contributed by atoms with Crippen LogP contribution < -0.4 is 16.0 Å². The molecule has 0 aromatic heterocycles. The summed E-state index contributed by atoms with van der Waals surface area (Å²) in [6.45, 7) is 1.39. The number of nitrogens with one attached hydrogen (secondary N) is 3. The highest BCUT2D eigenvalue weighted by atomic mass is 16.5. The summed E-state index contributed by atoms with van der Waals surface area (Å²) in [5.41, 5.74) is 1.29. The number of hydrogen-bond donors (Lipinski definition) is 4. The molecule has 8 heteroatoms. The van der Waals surface area contributed by atoms with Crippen LogP contribution in [0.25, 0.3) is 0 Å². The fourth-order valence-electron chi connectivity index (χ4n) is 2.57. The van der Waals surface area contributed by atoms with Gasteiger partial charge in [-0.1, -0.05) is 36.4 Å². The maximum atomic E-state index is 11.9. The summed E-state index contributed by atoms with van der Waals surface area (Å²) >= 11 is 0. The van der Waals surface area contributed by atoms with Gasteiger partial charge in [0.05, 0.1) is 0 Å². The van der Waals surface area contributed by atoms with Gasteiger partial charge in [0.1, 0.15) is 12.4 Å². The first kappa shape index (κ1) is 22.7. The lowest BCUT2D eigenvalue weighted by atomic mass is 10.2. The molecule has 0 saturated carbocycles. The van der Waals surface area contributed by atoms with E-state index in [0.717, 1.165) is 5.56 Å². The molecule has 0 aliphatic heterocycles. The molecule has 0 bridgehead atoms. The van der Waals surface area contributed by atoms with Crippen LogP contribution in [0, 0.1) is 0 Å². The van der Waals surface area contributed by atoms with Gasteiger partial charge < -0.3 is 25.8 Å². The molecule has 0 spiro atoms. The zero-order valence-electron chi connectivity index (χ0n) is 16.7. The number of phenols is 1. The molecule has 0 aliphatic carbocycles. The number of amides is 3. The van der Waals surface area contributed by atoms with E-state index in [9.17, 15) is 19.5 Å². The SMILES string of the molecule is O=C(CCCNC(=O)OCc1ccccc1)NCCCNC(=O)c1cccc(O)c1. The minimum atomic E-state index is -0.512. The van der Waals surface area contributed by atoms with E-state index in [4.69, 9.17) is 4.74 Å². The van der Waals surface area contributed by atoms with Crippen molar-refractivity contribution in [2.45, 2.75) is 25.9 Å². The molecular formula is C22H27N3O5. The molecule has 0 atom stereocenters. The molecule has 30 heavy (non-hydrogen) atoms. The smallest absolute Gasteiger partial charge is 0.407 e. The summed E-state index contributed by atoms with van der Waals surface area (Å²) in [5, 5.41) is 17.5. The lowest BCUT2D eigenvalue weighted by Gasteiger charge is -2.08. The second-order valence-electron chi connectivity index (χ2n) is 6.60. The van der Waals surface area contributed by atoms with Crippen molar-refractivity contribution in [1.82, 2.24) is 16.0 Å². The third kappa shape index (κ3) is 9.09. The lowest BCUT2D eigenvalue weighted by molar-refractivity contribution is -0.121. The topological polar surface area (TPSA) is 117 Å². The maximum absolute atomic E-state index is 11.9. The third-order valence-electron chi connectivity index (χ3n) is 4.13. The van der Waals surface area contributed by atoms with E-state index in [2.05, 4.69) is 16.0 Å². The number of rotatable bonds is 11. The van der Waals surface area contributed by atoms with Gasteiger partial charge in [0.25, 0.3) is 5.91 Å². The van der Waals surface area contributed by atoms with Gasteiger partial charge in [-0.05, 0) is 36.6 Å². The Bertz CT molecular complexity index is 827. The van der Waals surface area contributed by atoms with Gasteiger partial charge in [-0.2, -0.15) is 0 Å². The molecular weight excluding hydrogens is 386 g/mol. The maximum Gasteiger partial charge on any atom is 0.407 e. The largest absolute Gasteiger partial charge is 0.508 e. The Morgan fingerprint density at radius 3 is 2.33 bits per heavy atom. The van der Waals surface area contributed by atoms with E-state index in [1.807, 2.05) is 30.3 Å². The Hall–Kier alpha value is -3.55. The Morgan fingerprint density at radius 1 is 0.833 bits per heavy atom. The highest BCUT2D eigenvalue weighted by molar-refractivity contribution is 5.94. The first-order valence-corrected chi connectivity index (χ1v) is 9.83. The molecule has 0 saturated heterocycles. The number of alkyl carbamates (subject to hydrolysis) is 1. The van der Waals surface area contributed by atoms with Gasteiger partial charge in [0, 0.05) is 31.6 Å². The molecule has 0 aliphatic rings. The van der Waals surface area contributed by atoms with Crippen molar-refractivity contribution in [3.05, 3.63) is 65.7 Å². The van der Waals surface area contributed by atoms with Crippen molar-refractivity contribution in [2.75, 3.05) is 19.6 Å². The third-order valence-corrected chi connectivity index (χ3v) is 4.13. The number of hydrogen-bond acceptors (Lipinski definition) is 5. The number of phenolic OH excluding ortho intramolecular Hbond substituents is 1. The quantitative estimate of drug-likeness (QED) is 0.422. The van der Waals surface area contributed by atoms with Crippen molar-refractivity contribution in [2.24, 2.45) is 0 Å². The molecule has 160 valence electrons. The Labute approximate surface area is 175 Å². The van der Waals surface area contributed by atoms with Crippen molar-refractivity contribution < 1.29 is 24.2 Å². The number of carbonyl (C=O) groups excluding carboxylic acids is 3. The first-order valence-electron chi connectivity index (χ1n) is 9.83. The molecule has 3 amide bonds. The van der Waals surface area contributed by atoms with Gasteiger partial charge in [-0.3, -0.25) is 9.59 Å². The average molecular weight is 413 g/mol. The van der Waals surface area contributed by atoms with Crippen LogP contribution in [0.15, 0.2) is 54.6 Å². The van der Waals surface area contributed by atoms with E-state index in [0.29, 0.717) is 38.0 Å². The minimum absolute atomic E-state index is 0.0360. The lowest BCUT2D eigenvalue weighted by Crippen LogP contribution is -2.30. The fraction of sp³-hybridized carbons (Fsp3) is 0.318. The van der Waals surface area contributed by atoms with E-state index < -0.39 is 6.09 Å².